The number of nitrogens with one attached hydrogen (secondary N) is 1. The lowest BCUT2D eigenvalue weighted by atomic mass is 10.2. The van der Waals surface area contributed by atoms with Gasteiger partial charge in [0.15, 0.2) is 11.6 Å². The quantitative estimate of drug-likeness (QED) is 0.865. The molecule has 2 aromatic rings. The van der Waals surface area contributed by atoms with E-state index in [-0.39, 0.29) is 11.6 Å². The largest absolute Gasteiger partial charge is 0.494 e. The molecule has 1 aromatic heterocycles. The topological polar surface area (TPSA) is 34.4 Å². The zero-order valence-electron chi connectivity index (χ0n) is 9.57. The van der Waals surface area contributed by atoms with E-state index in [9.17, 15) is 4.39 Å². The average Bonchev–Trinajstić information content (AvgIpc) is 2.84. The van der Waals surface area contributed by atoms with Gasteiger partial charge in [0.05, 0.1) is 19.6 Å². The minimum atomic E-state index is -0.310. The second-order valence-electron chi connectivity index (χ2n) is 3.67. The molecule has 2 rings (SSSR count). The van der Waals surface area contributed by atoms with Crippen LogP contribution in [0.25, 0.3) is 0 Å². The normalized spacial score (nSPS) is 10.5. The van der Waals surface area contributed by atoms with Gasteiger partial charge < -0.3 is 14.5 Å². The summed E-state index contributed by atoms with van der Waals surface area (Å²) in [6.45, 7) is 1.10. The third kappa shape index (κ3) is 2.85. The molecule has 0 saturated carbocycles. The highest BCUT2D eigenvalue weighted by atomic mass is 19.1. The lowest BCUT2D eigenvalue weighted by molar-refractivity contribution is 0.383. The fraction of sp³-hybridized carbons (Fsp3) is 0.231. The number of hydrogen-bond acceptors (Lipinski definition) is 3. The van der Waals surface area contributed by atoms with Crippen LogP contribution in [-0.4, -0.2) is 7.11 Å². The molecule has 1 aromatic carbocycles. The van der Waals surface area contributed by atoms with Crippen LogP contribution in [0.3, 0.4) is 0 Å². The first-order chi connectivity index (χ1) is 8.31. The van der Waals surface area contributed by atoms with Crippen LogP contribution in [0.15, 0.2) is 41.2 Å². The predicted molar refractivity (Wildman–Crippen MR) is 62.2 cm³/mol. The Bertz CT molecular complexity index is 468. The molecule has 4 heteroatoms. The zero-order valence-corrected chi connectivity index (χ0v) is 9.57. The molecule has 0 amide bonds. The molecule has 0 aliphatic carbocycles. The Balaban J connectivity index is 1.95. The van der Waals surface area contributed by atoms with Crippen LogP contribution in [-0.2, 0) is 13.1 Å². The number of furan rings is 1. The Labute approximate surface area is 99.2 Å². The van der Waals surface area contributed by atoms with Gasteiger partial charge in [-0.2, -0.15) is 0 Å². The monoisotopic (exact) mass is 235 g/mol. The van der Waals surface area contributed by atoms with Gasteiger partial charge in [-0.25, -0.2) is 4.39 Å². The molecule has 1 N–H and O–H groups in total. The summed E-state index contributed by atoms with van der Waals surface area (Å²) in [4.78, 5) is 0. The molecule has 0 aliphatic rings. The Morgan fingerprint density at radius 2 is 2.18 bits per heavy atom. The van der Waals surface area contributed by atoms with E-state index in [2.05, 4.69) is 5.32 Å². The first-order valence-electron chi connectivity index (χ1n) is 5.34. The molecule has 0 atom stereocenters. The van der Waals surface area contributed by atoms with E-state index in [0.717, 1.165) is 5.56 Å². The van der Waals surface area contributed by atoms with E-state index in [1.165, 1.54) is 7.11 Å². The van der Waals surface area contributed by atoms with Crippen molar-refractivity contribution in [3.8, 4) is 5.75 Å². The number of ether oxygens (including phenoxy) is 1. The second kappa shape index (κ2) is 5.50. The summed E-state index contributed by atoms with van der Waals surface area (Å²) in [5.74, 6) is -0.0395. The number of hydrogen-bond donors (Lipinski definition) is 1. The molecular formula is C13H14FNO2. The molecule has 0 unspecified atom stereocenters. The maximum Gasteiger partial charge on any atom is 0.169 e. The first kappa shape index (κ1) is 11.7. The molecular weight excluding hydrogens is 221 g/mol. The molecule has 0 saturated heterocycles. The third-order valence-electron chi connectivity index (χ3n) is 2.49. The van der Waals surface area contributed by atoms with Crippen LogP contribution in [0.1, 0.15) is 11.1 Å². The summed E-state index contributed by atoms with van der Waals surface area (Å²) in [7, 11) is 1.46. The smallest absolute Gasteiger partial charge is 0.169 e. The minimum Gasteiger partial charge on any atom is -0.494 e. The molecule has 0 bridgehead atoms. The molecule has 17 heavy (non-hydrogen) atoms. The van der Waals surface area contributed by atoms with Crippen molar-refractivity contribution < 1.29 is 13.5 Å². The van der Waals surface area contributed by atoms with Crippen molar-refractivity contribution in [2.45, 2.75) is 13.1 Å². The molecule has 0 spiro atoms. The maximum absolute atomic E-state index is 13.8. The van der Waals surface area contributed by atoms with Gasteiger partial charge in [-0.1, -0.05) is 12.1 Å². The van der Waals surface area contributed by atoms with Gasteiger partial charge in [0, 0.05) is 24.2 Å². The van der Waals surface area contributed by atoms with E-state index >= 15 is 0 Å². The van der Waals surface area contributed by atoms with Crippen molar-refractivity contribution in [2.24, 2.45) is 0 Å². The summed E-state index contributed by atoms with van der Waals surface area (Å²) in [6, 6.07) is 6.99. The van der Waals surface area contributed by atoms with Gasteiger partial charge in [-0.3, -0.25) is 0 Å². The van der Waals surface area contributed by atoms with Crippen molar-refractivity contribution in [2.75, 3.05) is 7.11 Å². The highest BCUT2D eigenvalue weighted by molar-refractivity contribution is 5.30. The number of methoxy groups -OCH3 is 1. The molecule has 3 nitrogen and oxygen atoms in total. The van der Waals surface area contributed by atoms with Gasteiger partial charge in [0.25, 0.3) is 0 Å². The number of benzene rings is 1. The Morgan fingerprint density at radius 1 is 1.29 bits per heavy atom. The van der Waals surface area contributed by atoms with E-state index in [4.69, 9.17) is 9.15 Å². The summed E-state index contributed by atoms with van der Waals surface area (Å²) >= 11 is 0. The first-order valence-corrected chi connectivity index (χ1v) is 5.34. The van der Waals surface area contributed by atoms with Crippen LogP contribution in [0.5, 0.6) is 5.75 Å². The van der Waals surface area contributed by atoms with E-state index in [1.807, 2.05) is 6.07 Å². The minimum absolute atomic E-state index is 0.271. The van der Waals surface area contributed by atoms with E-state index in [1.54, 1.807) is 30.7 Å². The fourth-order valence-electron chi connectivity index (χ4n) is 1.59. The van der Waals surface area contributed by atoms with Crippen LogP contribution in [0, 0.1) is 5.82 Å². The Kier molecular flexibility index (Phi) is 3.77. The van der Waals surface area contributed by atoms with Gasteiger partial charge >= 0.3 is 0 Å². The van der Waals surface area contributed by atoms with Crippen molar-refractivity contribution in [3.05, 3.63) is 53.7 Å². The number of rotatable bonds is 5. The summed E-state index contributed by atoms with van der Waals surface area (Å²) in [6.07, 6.45) is 3.28. The predicted octanol–water partition coefficient (Wildman–Crippen LogP) is 2.72. The molecule has 1 heterocycles. The fourth-order valence-corrected chi connectivity index (χ4v) is 1.59. The maximum atomic E-state index is 13.8. The SMILES string of the molecule is COc1cccc(CNCc2ccoc2)c1F. The lowest BCUT2D eigenvalue weighted by Gasteiger charge is -2.07. The average molecular weight is 235 g/mol. The van der Waals surface area contributed by atoms with Gasteiger partial charge in [0.1, 0.15) is 0 Å². The molecule has 0 radical (unpaired) electrons. The van der Waals surface area contributed by atoms with Crippen LogP contribution in [0.4, 0.5) is 4.39 Å². The van der Waals surface area contributed by atoms with Crippen molar-refractivity contribution in [1.82, 2.24) is 5.32 Å². The van der Waals surface area contributed by atoms with Gasteiger partial charge in [-0.05, 0) is 12.1 Å². The zero-order chi connectivity index (χ0) is 12.1. The summed E-state index contributed by atoms with van der Waals surface area (Å²) in [5, 5.41) is 3.14. The van der Waals surface area contributed by atoms with Crippen LogP contribution < -0.4 is 10.1 Å². The molecule has 0 fully saturated rings. The lowest BCUT2D eigenvalue weighted by Crippen LogP contribution is -2.13. The molecule has 0 aliphatic heterocycles. The Morgan fingerprint density at radius 3 is 2.88 bits per heavy atom. The summed E-state index contributed by atoms with van der Waals surface area (Å²) < 4.78 is 23.6. The van der Waals surface area contributed by atoms with Crippen LogP contribution in [0.2, 0.25) is 0 Å². The highest BCUT2D eigenvalue weighted by Crippen LogP contribution is 2.19. The molecule has 90 valence electrons. The van der Waals surface area contributed by atoms with Crippen molar-refractivity contribution in [1.29, 1.82) is 0 Å². The van der Waals surface area contributed by atoms with E-state index in [0.29, 0.717) is 18.7 Å². The van der Waals surface area contributed by atoms with Gasteiger partial charge in [-0.15, -0.1) is 0 Å². The third-order valence-corrected chi connectivity index (χ3v) is 2.49. The summed E-state index contributed by atoms with van der Waals surface area (Å²) in [5.41, 5.74) is 1.63. The highest BCUT2D eigenvalue weighted by Gasteiger charge is 2.07. The van der Waals surface area contributed by atoms with Gasteiger partial charge in [0.2, 0.25) is 0 Å². The number of halogens is 1. The Hall–Kier alpha value is -1.81. The second-order valence-corrected chi connectivity index (χ2v) is 3.67. The van der Waals surface area contributed by atoms with E-state index < -0.39 is 0 Å². The van der Waals surface area contributed by atoms with Crippen LogP contribution >= 0.6 is 0 Å². The standard InChI is InChI=1S/C13H14FNO2/c1-16-12-4-2-3-11(13(12)14)8-15-7-10-5-6-17-9-10/h2-6,9,15H,7-8H2,1H3. The van der Waals surface area contributed by atoms with Crippen molar-refractivity contribution in [3.63, 3.8) is 0 Å². The van der Waals surface area contributed by atoms with Crippen molar-refractivity contribution >= 4 is 0 Å².